The highest BCUT2D eigenvalue weighted by Crippen LogP contribution is 2.40. The van der Waals surface area contributed by atoms with Gasteiger partial charge in [-0.3, -0.25) is 14.5 Å². The second-order valence-electron chi connectivity index (χ2n) is 5.94. The van der Waals surface area contributed by atoms with Gasteiger partial charge in [0.15, 0.2) is 0 Å². The van der Waals surface area contributed by atoms with Crippen molar-refractivity contribution >= 4 is 17.5 Å². The van der Waals surface area contributed by atoms with Gasteiger partial charge in [0.05, 0.1) is 17.5 Å². The highest BCUT2D eigenvalue weighted by Gasteiger charge is 2.50. The lowest BCUT2D eigenvalue weighted by atomic mass is 9.78. The van der Waals surface area contributed by atoms with Gasteiger partial charge in [0, 0.05) is 0 Å². The van der Waals surface area contributed by atoms with Crippen LogP contribution in [-0.4, -0.2) is 11.8 Å². The second-order valence-corrected chi connectivity index (χ2v) is 5.94. The van der Waals surface area contributed by atoms with Crippen LogP contribution in [0.1, 0.15) is 24.5 Å². The third-order valence-electron chi connectivity index (χ3n) is 4.62. The van der Waals surface area contributed by atoms with E-state index in [1.807, 2.05) is 45.0 Å². The van der Waals surface area contributed by atoms with Crippen LogP contribution >= 0.6 is 0 Å². The van der Waals surface area contributed by atoms with Crippen LogP contribution in [-0.2, 0) is 9.59 Å². The minimum Gasteiger partial charge on any atom is -0.274 e. The van der Waals surface area contributed by atoms with E-state index in [1.165, 1.54) is 10.5 Å². The molecule has 20 heavy (non-hydrogen) atoms. The number of imide groups is 1. The lowest BCUT2D eigenvalue weighted by Crippen LogP contribution is -2.31. The van der Waals surface area contributed by atoms with Gasteiger partial charge in [-0.2, -0.15) is 0 Å². The predicted octanol–water partition coefficient (Wildman–Crippen LogP) is 3.01. The van der Waals surface area contributed by atoms with Crippen molar-refractivity contribution < 1.29 is 9.59 Å². The zero-order chi connectivity index (χ0) is 14.4. The fourth-order valence-corrected chi connectivity index (χ4v) is 3.27. The van der Waals surface area contributed by atoms with E-state index in [0.717, 1.165) is 5.56 Å². The monoisotopic (exact) mass is 269 g/mol. The Hall–Kier alpha value is -1.90. The van der Waals surface area contributed by atoms with Gasteiger partial charge in [-0.15, -0.1) is 0 Å². The number of carbonyl (C=O) groups is 2. The first-order chi connectivity index (χ1) is 9.50. The molecule has 2 aliphatic rings. The first kappa shape index (κ1) is 13.1. The van der Waals surface area contributed by atoms with E-state index >= 15 is 0 Å². The molecule has 0 aromatic heterocycles. The number of rotatable bonds is 1. The van der Waals surface area contributed by atoms with E-state index < -0.39 is 0 Å². The molecule has 0 unspecified atom stereocenters. The molecule has 0 spiro atoms. The van der Waals surface area contributed by atoms with Crippen LogP contribution in [0.25, 0.3) is 0 Å². The molecule has 3 atom stereocenters. The normalized spacial score (nSPS) is 28.9. The molecule has 0 radical (unpaired) electrons. The van der Waals surface area contributed by atoms with Crippen LogP contribution in [0.3, 0.4) is 0 Å². The number of aryl methyl sites for hydroxylation is 2. The number of hydrogen-bond acceptors (Lipinski definition) is 2. The molecule has 1 aliphatic carbocycles. The molecule has 3 rings (SSSR count). The molecule has 1 heterocycles. The Labute approximate surface area is 119 Å². The number of carbonyl (C=O) groups excluding carboxylic acids is 2. The van der Waals surface area contributed by atoms with Crippen molar-refractivity contribution in [3.8, 4) is 0 Å². The van der Waals surface area contributed by atoms with Gasteiger partial charge < -0.3 is 0 Å². The average Bonchev–Trinajstić information content (AvgIpc) is 2.67. The van der Waals surface area contributed by atoms with Crippen LogP contribution in [0.5, 0.6) is 0 Å². The average molecular weight is 269 g/mol. The van der Waals surface area contributed by atoms with Crippen LogP contribution in [0.15, 0.2) is 30.4 Å². The summed E-state index contributed by atoms with van der Waals surface area (Å²) < 4.78 is 0. The van der Waals surface area contributed by atoms with E-state index in [1.54, 1.807) is 0 Å². The van der Waals surface area contributed by atoms with Gasteiger partial charge in [-0.05, 0) is 49.4 Å². The number of fused-ring (bicyclic) bond motifs is 1. The Kier molecular flexibility index (Phi) is 3.00. The number of hydrogen-bond donors (Lipinski definition) is 0. The number of allylic oxidation sites excluding steroid dienone is 2. The molecule has 3 nitrogen and oxygen atoms in total. The Morgan fingerprint density at radius 1 is 1.10 bits per heavy atom. The van der Waals surface area contributed by atoms with E-state index in [4.69, 9.17) is 0 Å². The molecular formula is C17H19NO2. The summed E-state index contributed by atoms with van der Waals surface area (Å²) in [6.07, 6.45) is 4.76. The third-order valence-corrected chi connectivity index (χ3v) is 4.62. The van der Waals surface area contributed by atoms with Crippen LogP contribution in [0.2, 0.25) is 0 Å². The Morgan fingerprint density at radius 3 is 2.50 bits per heavy atom. The molecule has 2 amide bonds. The lowest BCUT2D eigenvalue weighted by Gasteiger charge is -2.22. The maximum atomic E-state index is 12.6. The topological polar surface area (TPSA) is 37.4 Å². The first-order valence-corrected chi connectivity index (χ1v) is 7.12. The highest BCUT2D eigenvalue weighted by atomic mass is 16.2. The molecule has 0 bridgehead atoms. The molecule has 104 valence electrons. The van der Waals surface area contributed by atoms with Gasteiger partial charge in [-0.1, -0.05) is 25.1 Å². The highest BCUT2D eigenvalue weighted by molar-refractivity contribution is 6.22. The van der Waals surface area contributed by atoms with Crippen LogP contribution in [0, 0.1) is 31.6 Å². The molecule has 1 saturated heterocycles. The number of amides is 2. The Balaban J connectivity index is 2.01. The Bertz CT molecular complexity index is 617. The minimum atomic E-state index is -0.186. The number of benzene rings is 1. The summed E-state index contributed by atoms with van der Waals surface area (Å²) in [6, 6.07) is 5.77. The zero-order valence-corrected chi connectivity index (χ0v) is 12.1. The minimum absolute atomic E-state index is 0.0416. The lowest BCUT2D eigenvalue weighted by molar-refractivity contribution is -0.122. The van der Waals surface area contributed by atoms with Crippen molar-refractivity contribution in [2.45, 2.75) is 27.2 Å². The quantitative estimate of drug-likeness (QED) is 0.580. The maximum absolute atomic E-state index is 12.6. The predicted molar refractivity (Wildman–Crippen MR) is 78.3 cm³/mol. The SMILES string of the molecule is Cc1ccc(N2C(=O)[C@H]3[C@@H](C)C=CC[C@H]3C2=O)cc1C. The zero-order valence-electron chi connectivity index (χ0n) is 12.1. The smallest absolute Gasteiger partial charge is 0.238 e. The van der Waals surface area contributed by atoms with Gasteiger partial charge in [-0.25, -0.2) is 0 Å². The second kappa shape index (κ2) is 4.58. The van der Waals surface area contributed by atoms with Gasteiger partial charge in [0.25, 0.3) is 0 Å². The van der Waals surface area contributed by atoms with Crippen molar-refractivity contribution in [1.29, 1.82) is 0 Å². The molecule has 3 heteroatoms. The van der Waals surface area contributed by atoms with Crippen molar-refractivity contribution in [3.63, 3.8) is 0 Å². The number of nitrogens with zero attached hydrogens (tertiary/aromatic N) is 1. The van der Waals surface area contributed by atoms with Crippen LogP contribution < -0.4 is 4.90 Å². The summed E-state index contributed by atoms with van der Waals surface area (Å²) in [5.41, 5.74) is 2.98. The largest absolute Gasteiger partial charge is 0.274 e. The Morgan fingerprint density at radius 2 is 1.85 bits per heavy atom. The van der Waals surface area contributed by atoms with Gasteiger partial charge >= 0.3 is 0 Å². The molecular weight excluding hydrogens is 250 g/mol. The van der Waals surface area contributed by atoms with Crippen molar-refractivity contribution in [2.75, 3.05) is 4.90 Å². The summed E-state index contributed by atoms with van der Waals surface area (Å²) in [6.45, 7) is 6.04. The summed E-state index contributed by atoms with van der Waals surface area (Å²) in [7, 11) is 0. The van der Waals surface area contributed by atoms with Gasteiger partial charge in [0.2, 0.25) is 11.8 Å². The standard InChI is InChI=1S/C17H19NO2/c1-10-7-8-13(9-12(10)3)18-16(19)14-6-4-5-11(2)15(14)17(18)20/h4-5,7-9,11,14-15H,6H2,1-3H3/t11-,14+,15-/m0/s1. The number of anilines is 1. The van der Waals surface area contributed by atoms with Gasteiger partial charge in [0.1, 0.15) is 0 Å². The molecule has 0 saturated carbocycles. The summed E-state index contributed by atoms with van der Waals surface area (Å²) in [4.78, 5) is 26.6. The molecule has 1 aromatic carbocycles. The van der Waals surface area contributed by atoms with E-state index in [0.29, 0.717) is 12.1 Å². The van der Waals surface area contributed by atoms with E-state index in [9.17, 15) is 9.59 Å². The molecule has 1 fully saturated rings. The third kappa shape index (κ3) is 1.80. The fraction of sp³-hybridized carbons (Fsp3) is 0.412. The summed E-state index contributed by atoms with van der Waals surface area (Å²) in [5, 5.41) is 0. The first-order valence-electron chi connectivity index (χ1n) is 7.12. The molecule has 1 aliphatic heterocycles. The molecule has 0 N–H and O–H groups in total. The molecule has 1 aromatic rings. The van der Waals surface area contributed by atoms with Crippen LogP contribution in [0.4, 0.5) is 5.69 Å². The summed E-state index contributed by atoms with van der Waals surface area (Å²) >= 11 is 0. The van der Waals surface area contributed by atoms with E-state index in [2.05, 4.69) is 6.08 Å². The van der Waals surface area contributed by atoms with Crippen molar-refractivity contribution in [3.05, 3.63) is 41.5 Å². The van der Waals surface area contributed by atoms with Crippen molar-refractivity contribution in [1.82, 2.24) is 0 Å². The van der Waals surface area contributed by atoms with Crippen molar-refractivity contribution in [2.24, 2.45) is 17.8 Å². The van der Waals surface area contributed by atoms with E-state index in [-0.39, 0.29) is 29.6 Å². The fourth-order valence-electron chi connectivity index (χ4n) is 3.27. The maximum Gasteiger partial charge on any atom is 0.238 e. The summed E-state index contributed by atoms with van der Waals surface area (Å²) in [5.74, 6) is -0.306.